The molecule has 6 aliphatic rings. The predicted molar refractivity (Wildman–Crippen MR) is 105 cm³/mol. The predicted octanol–water partition coefficient (Wildman–Crippen LogP) is 2.72. The summed E-state index contributed by atoms with van der Waals surface area (Å²) in [5, 5.41) is 43.4. The Bertz CT molecular complexity index is 696. The van der Waals surface area contributed by atoms with Crippen LogP contribution in [-0.4, -0.2) is 44.3 Å². The molecule has 4 nitrogen and oxygen atoms in total. The minimum atomic E-state index is -0.682. The summed E-state index contributed by atoms with van der Waals surface area (Å²) >= 11 is 0. The minimum absolute atomic E-state index is 0.0238. The summed E-state index contributed by atoms with van der Waals surface area (Å²) in [6.45, 7) is 4.87. The highest BCUT2D eigenvalue weighted by Crippen LogP contribution is 2.82. The molecule has 0 amide bonds. The van der Waals surface area contributed by atoms with Crippen molar-refractivity contribution in [1.29, 1.82) is 0 Å². The third kappa shape index (κ3) is 1.89. The smallest absolute Gasteiger partial charge is 0.0759 e. The van der Waals surface area contributed by atoms with Gasteiger partial charge in [-0.25, -0.2) is 0 Å². The molecule has 4 N–H and O–H groups in total. The fraction of sp³-hybridized carbons (Fsp3) is 1.00. The van der Waals surface area contributed by atoms with E-state index in [1.807, 2.05) is 0 Å². The van der Waals surface area contributed by atoms with Gasteiger partial charge in [0.15, 0.2) is 0 Å². The van der Waals surface area contributed by atoms with Crippen molar-refractivity contribution in [2.24, 2.45) is 52.3 Å². The lowest BCUT2D eigenvalue weighted by atomic mass is 9.42. The second kappa shape index (κ2) is 5.36. The SMILES string of the molecule is C[C@]12CCC3C([C@H]4CC4[C@]4(O)C[C@@H](O)CC[C@]34C)[C@@H]1C1CC1[C@@]2(O)CCCO. The van der Waals surface area contributed by atoms with Crippen LogP contribution < -0.4 is 0 Å². The van der Waals surface area contributed by atoms with Gasteiger partial charge >= 0.3 is 0 Å². The summed E-state index contributed by atoms with van der Waals surface area (Å²) in [6, 6.07) is 0. The monoisotopic (exact) mass is 390 g/mol. The highest BCUT2D eigenvalue weighted by Gasteiger charge is 2.80. The number of aliphatic hydroxyl groups excluding tert-OH is 2. The molecule has 0 saturated heterocycles. The first-order valence-corrected chi connectivity index (χ1v) is 11.9. The largest absolute Gasteiger partial charge is 0.396 e. The molecule has 0 heterocycles. The van der Waals surface area contributed by atoms with Crippen LogP contribution in [0.4, 0.5) is 0 Å². The van der Waals surface area contributed by atoms with Gasteiger partial charge in [-0.15, -0.1) is 0 Å². The summed E-state index contributed by atoms with van der Waals surface area (Å²) in [6.07, 6.45) is 7.91. The summed E-state index contributed by atoms with van der Waals surface area (Å²) in [5.74, 6) is 3.82. The average Bonchev–Trinajstić information content (AvgIpc) is 3.54. The molecule has 6 rings (SSSR count). The molecule has 0 aromatic rings. The number of fused-ring (bicyclic) bond motifs is 10. The Morgan fingerprint density at radius 1 is 0.893 bits per heavy atom. The molecule has 0 spiro atoms. The molecule has 6 aliphatic carbocycles. The summed E-state index contributed by atoms with van der Waals surface area (Å²) < 4.78 is 0. The maximum atomic E-state index is 11.9. The van der Waals surface area contributed by atoms with E-state index in [9.17, 15) is 20.4 Å². The van der Waals surface area contributed by atoms with Crippen molar-refractivity contribution in [3.63, 3.8) is 0 Å². The van der Waals surface area contributed by atoms with Gasteiger partial charge in [0.05, 0.1) is 17.3 Å². The van der Waals surface area contributed by atoms with Gasteiger partial charge in [-0.05, 0) is 104 Å². The third-order valence-corrected chi connectivity index (χ3v) is 11.5. The van der Waals surface area contributed by atoms with Crippen LogP contribution in [0.15, 0.2) is 0 Å². The van der Waals surface area contributed by atoms with E-state index in [-0.39, 0.29) is 23.5 Å². The number of aliphatic hydroxyl groups is 4. The van der Waals surface area contributed by atoms with Crippen LogP contribution in [0.3, 0.4) is 0 Å². The molecule has 5 unspecified atom stereocenters. The van der Waals surface area contributed by atoms with Crippen molar-refractivity contribution in [1.82, 2.24) is 0 Å². The third-order valence-electron chi connectivity index (χ3n) is 11.5. The Balaban J connectivity index is 1.38. The molecule has 12 atom stereocenters. The Kier molecular flexibility index (Phi) is 3.56. The standard InChI is InChI=1S/C24H38O4/c1-21-7-4-13(26)12-24(21,28)17-10-14(17)19-16(21)5-8-22(2)20(19)15-11-18(15)23(22,27)6-3-9-25/h13-20,25-28H,3-12H2,1-2H3/t13-,14-,15?,16?,17?,18?,19?,20-,21+,22-,23-,24+/m0/s1. The van der Waals surface area contributed by atoms with Crippen LogP contribution in [-0.2, 0) is 0 Å². The van der Waals surface area contributed by atoms with E-state index in [4.69, 9.17) is 0 Å². The summed E-state index contributed by atoms with van der Waals surface area (Å²) in [4.78, 5) is 0. The lowest BCUT2D eigenvalue weighted by Crippen LogP contribution is -2.65. The summed E-state index contributed by atoms with van der Waals surface area (Å²) in [7, 11) is 0. The number of hydrogen-bond acceptors (Lipinski definition) is 4. The molecule has 0 aromatic heterocycles. The van der Waals surface area contributed by atoms with Gasteiger partial charge in [-0.2, -0.15) is 0 Å². The molecule has 0 bridgehead atoms. The first-order valence-electron chi connectivity index (χ1n) is 11.9. The molecule has 0 aromatic carbocycles. The van der Waals surface area contributed by atoms with E-state index >= 15 is 0 Å². The molecule has 6 fully saturated rings. The topological polar surface area (TPSA) is 80.9 Å². The van der Waals surface area contributed by atoms with Crippen LogP contribution in [0.5, 0.6) is 0 Å². The Labute approximate surface area is 168 Å². The van der Waals surface area contributed by atoms with Crippen molar-refractivity contribution < 1.29 is 20.4 Å². The van der Waals surface area contributed by atoms with E-state index in [1.54, 1.807) is 0 Å². The lowest BCUT2D eigenvalue weighted by molar-refractivity contribution is -0.237. The summed E-state index contributed by atoms with van der Waals surface area (Å²) in [5.41, 5.74) is -1.38. The van der Waals surface area contributed by atoms with Gasteiger partial charge in [-0.3, -0.25) is 0 Å². The fourth-order valence-electron chi connectivity index (χ4n) is 10.1. The molecule has 28 heavy (non-hydrogen) atoms. The van der Waals surface area contributed by atoms with Crippen LogP contribution in [0.1, 0.15) is 71.6 Å². The van der Waals surface area contributed by atoms with Crippen LogP contribution >= 0.6 is 0 Å². The first kappa shape index (κ1) is 18.6. The maximum Gasteiger partial charge on any atom is 0.0759 e. The van der Waals surface area contributed by atoms with Gasteiger partial charge in [0, 0.05) is 13.0 Å². The molecule has 158 valence electrons. The maximum absolute atomic E-state index is 11.9. The van der Waals surface area contributed by atoms with Crippen LogP contribution in [0.25, 0.3) is 0 Å². The molecule has 4 heteroatoms. The molecular weight excluding hydrogens is 352 g/mol. The van der Waals surface area contributed by atoms with Crippen molar-refractivity contribution in [3.8, 4) is 0 Å². The second-order valence-corrected chi connectivity index (χ2v) is 12.2. The lowest BCUT2D eigenvalue weighted by Gasteiger charge is -2.64. The van der Waals surface area contributed by atoms with Crippen LogP contribution in [0, 0.1) is 52.3 Å². The molecule has 0 radical (unpaired) electrons. The zero-order chi connectivity index (χ0) is 19.7. The zero-order valence-electron chi connectivity index (χ0n) is 17.5. The van der Waals surface area contributed by atoms with Crippen molar-refractivity contribution in [2.45, 2.75) is 88.9 Å². The van der Waals surface area contributed by atoms with Crippen molar-refractivity contribution >= 4 is 0 Å². The van der Waals surface area contributed by atoms with Crippen molar-refractivity contribution in [3.05, 3.63) is 0 Å². The normalized spacial score (nSPS) is 66.2. The van der Waals surface area contributed by atoms with Gasteiger partial charge < -0.3 is 20.4 Å². The van der Waals surface area contributed by atoms with E-state index in [0.717, 1.165) is 38.5 Å². The minimum Gasteiger partial charge on any atom is -0.396 e. The molecule has 6 saturated carbocycles. The average molecular weight is 391 g/mol. The second-order valence-electron chi connectivity index (χ2n) is 12.2. The molecular formula is C24H38O4. The van der Waals surface area contributed by atoms with E-state index in [1.165, 1.54) is 6.42 Å². The Hall–Kier alpha value is -0.160. The number of hydrogen-bond donors (Lipinski definition) is 4. The fourth-order valence-corrected chi connectivity index (χ4v) is 10.1. The highest BCUT2D eigenvalue weighted by molar-refractivity contribution is 5.29. The van der Waals surface area contributed by atoms with Gasteiger partial charge in [-0.1, -0.05) is 13.8 Å². The Morgan fingerprint density at radius 3 is 2.36 bits per heavy atom. The number of rotatable bonds is 3. The quantitative estimate of drug-likeness (QED) is 0.597. The molecule has 0 aliphatic heterocycles. The Morgan fingerprint density at radius 2 is 1.61 bits per heavy atom. The van der Waals surface area contributed by atoms with E-state index < -0.39 is 11.2 Å². The van der Waals surface area contributed by atoms with Gasteiger partial charge in [0.25, 0.3) is 0 Å². The first-order chi connectivity index (χ1) is 13.2. The van der Waals surface area contributed by atoms with E-state index in [0.29, 0.717) is 54.3 Å². The van der Waals surface area contributed by atoms with Gasteiger partial charge in [0.1, 0.15) is 0 Å². The van der Waals surface area contributed by atoms with Crippen LogP contribution in [0.2, 0.25) is 0 Å². The van der Waals surface area contributed by atoms with Gasteiger partial charge in [0.2, 0.25) is 0 Å². The zero-order valence-corrected chi connectivity index (χ0v) is 17.5. The highest BCUT2D eigenvalue weighted by atomic mass is 16.3. The van der Waals surface area contributed by atoms with Crippen molar-refractivity contribution in [2.75, 3.05) is 6.61 Å². The van der Waals surface area contributed by atoms with E-state index in [2.05, 4.69) is 13.8 Å².